The highest BCUT2D eigenvalue weighted by atomic mass is 35.5. The summed E-state index contributed by atoms with van der Waals surface area (Å²) in [5.41, 5.74) is -0.434. The van der Waals surface area contributed by atoms with Gasteiger partial charge in [-0.1, -0.05) is 11.8 Å². The smallest absolute Gasteiger partial charge is 0.234 e. The maximum atomic E-state index is 12.2. The van der Waals surface area contributed by atoms with Crippen molar-refractivity contribution in [1.82, 2.24) is 9.55 Å². The van der Waals surface area contributed by atoms with E-state index in [2.05, 4.69) is 16.4 Å². The number of anilines is 1. The molecule has 1 atom stereocenters. The van der Waals surface area contributed by atoms with Crippen LogP contribution < -0.4 is 5.32 Å². The van der Waals surface area contributed by atoms with Crippen LogP contribution in [0, 0.1) is 16.7 Å². The summed E-state index contributed by atoms with van der Waals surface area (Å²) in [7, 11) is 0. The molecule has 0 spiro atoms. The number of amides is 1. The third kappa shape index (κ3) is 1.83. The van der Waals surface area contributed by atoms with Gasteiger partial charge in [0.2, 0.25) is 5.91 Å². The van der Waals surface area contributed by atoms with Crippen LogP contribution in [0.5, 0.6) is 0 Å². The number of alkyl halides is 2. The molecule has 1 amide bonds. The van der Waals surface area contributed by atoms with Crippen LogP contribution in [0.3, 0.4) is 0 Å². The minimum Gasteiger partial charge on any atom is -0.308 e. The average Bonchev–Trinajstić information content (AvgIpc) is 2.71. The molecule has 3 rings (SSSR count). The first-order chi connectivity index (χ1) is 8.89. The van der Waals surface area contributed by atoms with Crippen molar-refractivity contribution >= 4 is 46.7 Å². The Morgan fingerprint density at radius 1 is 1.63 bits per heavy atom. The number of rotatable bonds is 2. The predicted molar refractivity (Wildman–Crippen MR) is 73.5 cm³/mol. The number of hydrogen-bond donors (Lipinski definition) is 1. The molecule has 1 fully saturated rings. The van der Waals surface area contributed by atoms with Gasteiger partial charge in [0.05, 0.1) is 5.41 Å². The van der Waals surface area contributed by atoms with Crippen LogP contribution in [0.1, 0.15) is 19.0 Å². The molecule has 1 N–H and O–H groups in total. The Hall–Kier alpha value is -0.900. The van der Waals surface area contributed by atoms with Crippen molar-refractivity contribution in [2.75, 3.05) is 11.1 Å². The fraction of sp³-hybridized carbons (Fsp3) is 0.545. The topological polar surface area (TPSA) is 70.7 Å². The lowest BCUT2D eigenvalue weighted by molar-refractivity contribution is -0.120. The predicted octanol–water partition coefficient (Wildman–Crippen LogP) is 2.38. The van der Waals surface area contributed by atoms with E-state index in [-0.39, 0.29) is 5.91 Å². The lowest BCUT2D eigenvalue weighted by Gasteiger charge is -2.11. The molecule has 1 aromatic heterocycles. The molecule has 8 heteroatoms. The Morgan fingerprint density at radius 3 is 2.89 bits per heavy atom. The molecule has 100 valence electrons. The Balaban J connectivity index is 1.86. The van der Waals surface area contributed by atoms with Gasteiger partial charge in [-0.2, -0.15) is 5.26 Å². The first kappa shape index (κ1) is 13.1. The van der Waals surface area contributed by atoms with Crippen LogP contribution >= 0.6 is 35.0 Å². The number of nitrogens with zero attached hydrogens (tertiary/aromatic N) is 3. The molecule has 0 unspecified atom stereocenters. The maximum Gasteiger partial charge on any atom is 0.234 e. The lowest BCUT2D eigenvalue weighted by Crippen LogP contribution is -2.26. The van der Waals surface area contributed by atoms with Crippen molar-refractivity contribution in [2.45, 2.75) is 29.4 Å². The quantitative estimate of drug-likeness (QED) is 0.850. The number of imidazole rings is 1. The number of hydrogen-bond acceptors (Lipinski definition) is 4. The Morgan fingerprint density at radius 2 is 2.32 bits per heavy atom. The summed E-state index contributed by atoms with van der Waals surface area (Å²) in [6.07, 6.45) is 0.402. The third-order valence-electron chi connectivity index (χ3n) is 3.58. The molecule has 1 aliphatic heterocycles. The molecular weight excluding hydrogens is 307 g/mol. The van der Waals surface area contributed by atoms with Crippen molar-refractivity contribution in [3.8, 4) is 6.07 Å². The van der Waals surface area contributed by atoms with Crippen LogP contribution in [0.15, 0.2) is 5.16 Å². The van der Waals surface area contributed by atoms with Gasteiger partial charge < -0.3 is 9.88 Å². The monoisotopic (exact) mass is 316 g/mol. The number of fused-ring (bicyclic) bond motifs is 1. The fourth-order valence-corrected chi connectivity index (χ4v) is 3.73. The van der Waals surface area contributed by atoms with E-state index in [0.717, 1.165) is 17.5 Å². The van der Waals surface area contributed by atoms with Gasteiger partial charge in [0.1, 0.15) is 10.4 Å². The zero-order valence-electron chi connectivity index (χ0n) is 10.0. The van der Waals surface area contributed by atoms with E-state index >= 15 is 0 Å². The first-order valence-electron chi connectivity index (χ1n) is 5.72. The maximum absolute atomic E-state index is 12.2. The van der Waals surface area contributed by atoms with Crippen LogP contribution in [-0.4, -0.2) is 25.5 Å². The van der Waals surface area contributed by atoms with Crippen molar-refractivity contribution in [3.05, 3.63) is 5.69 Å². The molecule has 1 aromatic rings. The van der Waals surface area contributed by atoms with E-state index in [4.69, 9.17) is 23.2 Å². The second-order valence-electron chi connectivity index (χ2n) is 4.87. The number of nitriles is 1. The highest BCUT2D eigenvalue weighted by Crippen LogP contribution is 2.64. The Labute approximate surface area is 124 Å². The van der Waals surface area contributed by atoms with Gasteiger partial charge >= 0.3 is 0 Å². The van der Waals surface area contributed by atoms with Crippen molar-refractivity contribution in [3.63, 3.8) is 0 Å². The van der Waals surface area contributed by atoms with Gasteiger partial charge in [-0.3, -0.25) is 4.79 Å². The van der Waals surface area contributed by atoms with E-state index in [9.17, 15) is 10.1 Å². The van der Waals surface area contributed by atoms with Crippen LogP contribution in [0.4, 0.5) is 5.82 Å². The molecule has 0 radical (unpaired) electrons. The fourth-order valence-electron chi connectivity index (χ4n) is 2.07. The van der Waals surface area contributed by atoms with Crippen molar-refractivity contribution in [1.29, 1.82) is 5.26 Å². The average molecular weight is 317 g/mol. The summed E-state index contributed by atoms with van der Waals surface area (Å²) in [6, 6.07) is 2.08. The normalized spacial score (nSPS) is 26.6. The zero-order chi connectivity index (χ0) is 13.8. The van der Waals surface area contributed by atoms with Crippen LogP contribution in [0.25, 0.3) is 0 Å². The number of carbonyl (C=O) groups excluding carboxylic acids is 1. The molecule has 0 saturated heterocycles. The molecule has 0 aromatic carbocycles. The van der Waals surface area contributed by atoms with Crippen LogP contribution in [-0.2, 0) is 11.3 Å². The van der Waals surface area contributed by atoms with Gasteiger partial charge in [0.15, 0.2) is 16.7 Å². The summed E-state index contributed by atoms with van der Waals surface area (Å²) >= 11 is 13.5. The highest BCUT2D eigenvalue weighted by Gasteiger charge is 2.68. The molecular formula is C11H10Cl2N4OS. The van der Waals surface area contributed by atoms with E-state index in [0.29, 0.717) is 17.9 Å². The molecule has 1 aliphatic carbocycles. The largest absolute Gasteiger partial charge is 0.308 e. The zero-order valence-corrected chi connectivity index (χ0v) is 12.4. The van der Waals surface area contributed by atoms with Gasteiger partial charge in [-0.05, 0) is 13.3 Å². The van der Waals surface area contributed by atoms with E-state index in [1.54, 1.807) is 18.7 Å². The SMILES string of the molecule is C[C@]1(C(=O)Nc2nc3n(c2C#N)CCS3)CC1(Cl)Cl. The van der Waals surface area contributed by atoms with Gasteiger partial charge in [0, 0.05) is 12.3 Å². The lowest BCUT2D eigenvalue weighted by atomic mass is 10.1. The van der Waals surface area contributed by atoms with Gasteiger partial charge in [0.25, 0.3) is 0 Å². The number of carbonyl (C=O) groups is 1. The molecule has 19 heavy (non-hydrogen) atoms. The van der Waals surface area contributed by atoms with Crippen molar-refractivity contribution < 1.29 is 4.79 Å². The second kappa shape index (κ2) is 4.05. The van der Waals surface area contributed by atoms with Gasteiger partial charge in [-0.25, -0.2) is 4.98 Å². The third-order valence-corrected chi connectivity index (χ3v) is 5.63. The van der Waals surface area contributed by atoms with Crippen molar-refractivity contribution in [2.24, 2.45) is 5.41 Å². The summed E-state index contributed by atoms with van der Waals surface area (Å²) in [6.45, 7) is 2.44. The van der Waals surface area contributed by atoms with Gasteiger partial charge in [-0.15, -0.1) is 23.2 Å². The molecule has 0 bridgehead atoms. The number of halogens is 2. The molecule has 2 aliphatic rings. The number of nitrogens with one attached hydrogen (secondary N) is 1. The summed E-state index contributed by atoms with van der Waals surface area (Å²) in [5, 5.41) is 12.6. The van der Waals surface area contributed by atoms with E-state index < -0.39 is 9.75 Å². The number of aromatic nitrogens is 2. The second-order valence-corrected chi connectivity index (χ2v) is 7.42. The Bertz CT molecular complexity index is 621. The van der Waals surface area contributed by atoms with E-state index in [1.807, 2.05) is 4.57 Å². The minimum absolute atomic E-state index is 0.296. The Kier molecular flexibility index (Phi) is 2.79. The van der Waals surface area contributed by atoms with Crippen LogP contribution in [0.2, 0.25) is 0 Å². The number of thioether (sulfide) groups is 1. The summed E-state index contributed by atoms with van der Waals surface area (Å²) in [5.74, 6) is 0.901. The molecule has 5 nitrogen and oxygen atoms in total. The molecule has 1 saturated carbocycles. The highest BCUT2D eigenvalue weighted by molar-refractivity contribution is 7.99. The summed E-state index contributed by atoms with van der Waals surface area (Å²) < 4.78 is 0.783. The standard InChI is InChI=1S/C11H10Cl2N4OS/c1-10(5-11(10,12)13)8(18)15-7-6(4-14)17-2-3-19-9(17)16-7/h2-3,5H2,1H3,(H,15,18)/t10-/m1/s1. The first-order valence-corrected chi connectivity index (χ1v) is 7.46. The minimum atomic E-state index is -1.03. The molecule has 2 heterocycles. The summed E-state index contributed by atoms with van der Waals surface area (Å²) in [4.78, 5) is 16.4. The van der Waals surface area contributed by atoms with E-state index in [1.165, 1.54) is 0 Å².